The lowest BCUT2D eigenvalue weighted by molar-refractivity contribution is 0.231. The van der Waals surface area contributed by atoms with Gasteiger partial charge in [0.1, 0.15) is 0 Å². The van der Waals surface area contributed by atoms with Crippen LogP contribution in [0.1, 0.15) is 25.5 Å². The van der Waals surface area contributed by atoms with E-state index in [1.54, 1.807) is 0 Å². The Kier molecular flexibility index (Phi) is 5.09. The maximum absolute atomic E-state index is 8.91. The van der Waals surface area contributed by atoms with Crippen LogP contribution in [-0.2, 0) is 0 Å². The van der Waals surface area contributed by atoms with E-state index in [2.05, 4.69) is 12.2 Å². The molecule has 0 spiro atoms. The average Bonchev–Trinajstić information content (AvgIpc) is 2.26. The molecule has 0 aliphatic carbocycles. The lowest BCUT2D eigenvalue weighted by Gasteiger charge is -2.17. The number of rotatable bonds is 5. The quantitative estimate of drug-likeness (QED) is 0.811. The molecule has 15 heavy (non-hydrogen) atoms. The number of aliphatic hydroxyl groups is 1. The first-order valence-corrected chi connectivity index (χ1v) is 5.61. The summed E-state index contributed by atoms with van der Waals surface area (Å²) in [5.74, 6) is 0.273. The van der Waals surface area contributed by atoms with E-state index in [-0.39, 0.29) is 18.6 Å². The Morgan fingerprint density at radius 1 is 1.33 bits per heavy atom. The molecule has 0 aliphatic rings. The number of aliphatic hydroxyl groups excluding tert-OH is 1. The number of benzene rings is 1. The van der Waals surface area contributed by atoms with E-state index in [1.807, 2.05) is 31.2 Å². The summed E-state index contributed by atoms with van der Waals surface area (Å²) in [6.07, 6.45) is 0. The molecule has 1 aromatic carbocycles. The predicted molar refractivity (Wildman–Crippen MR) is 64.1 cm³/mol. The highest BCUT2D eigenvalue weighted by atomic mass is 35.5. The molecule has 0 amide bonds. The van der Waals surface area contributed by atoms with E-state index in [0.29, 0.717) is 0 Å². The van der Waals surface area contributed by atoms with Crippen LogP contribution in [0.4, 0.5) is 0 Å². The molecule has 2 nitrogen and oxygen atoms in total. The molecule has 0 heterocycles. The SMILES string of the molecule is CC(CO)CNC(C)c1ccccc1Cl. The van der Waals surface area contributed by atoms with Crippen molar-refractivity contribution >= 4 is 11.6 Å². The highest BCUT2D eigenvalue weighted by Gasteiger charge is 2.09. The minimum Gasteiger partial charge on any atom is -0.396 e. The summed E-state index contributed by atoms with van der Waals surface area (Å²) < 4.78 is 0. The van der Waals surface area contributed by atoms with Crippen molar-refractivity contribution < 1.29 is 5.11 Å². The first-order valence-electron chi connectivity index (χ1n) is 5.23. The molecular formula is C12H18ClNO. The van der Waals surface area contributed by atoms with Gasteiger partial charge in [-0.25, -0.2) is 0 Å². The van der Waals surface area contributed by atoms with Crippen LogP contribution >= 0.6 is 11.6 Å². The molecule has 3 heteroatoms. The van der Waals surface area contributed by atoms with Crippen molar-refractivity contribution in [2.75, 3.05) is 13.2 Å². The van der Waals surface area contributed by atoms with E-state index < -0.39 is 0 Å². The highest BCUT2D eigenvalue weighted by molar-refractivity contribution is 6.31. The molecule has 0 aromatic heterocycles. The van der Waals surface area contributed by atoms with E-state index in [1.165, 1.54) is 0 Å². The van der Waals surface area contributed by atoms with Crippen LogP contribution < -0.4 is 5.32 Å². The van der Waals surface area contributed by atoms with Crippen molar-refractivity contribution in [3.8, 4) is 0 Å². The van der Waals surface area contributed by atoms with Gasteiger partial charge in [0.25, 0.3) is 0 Å². The molecule has 0 fully saturated rings. The fourth-order valence-electron chi connectivity index (χ4n) is 1.38. The smallest absolute Gasteiger partial charge is 0.0468 e. The van der Waals surface area contributed by atoms with Crippen LogP contribution in [0.25, 0.3) is 0 Å². The van der Waals surface area contributed by atoms with Gasteiger partial charge < -0.3 is 10.4 Å². The molecular weight excluding hydrogens is 210 g/mol. The summed E-state index contributed by atoms with van der Waals surface area (Å²) in [5.41, 5.74) is 1.10. The largest absolute Gasteiger partial charge is 0.396 e. The lowest BCUT2D eigenvalue weighted by atomic mass is 10.1. The van der Waals surface area contributed by atoms with Gasteiger partial charge in [-0.3, -0.25) is 0 Å². The van der Waals surface area contributed by atoms with E-state index in [9.17, 15) is 0 Å². The molecule has 2 N–H and O–H groups in total. The zero-order valence-corrected chi connectivity index (χ0v) is 9.96. The molecule has 0 saturated carbocycles. The van der Waals surface area contributed by atoms with E-state index in [0.717, 1.165) is 17.1 Å². The van der Waals surface area contributed by atoms with Crippen LogP contribution in [0, 0.1) is 5.92 Å². The van der Waals surface area contributed by atoms with Crippen LogP contribution in [0.15, 0.2) is 24.3 Å². The van der Waals surface area contributed by atoms with Gasteiger partial charge in [-0.2, -0.15) is 0 Å². The average molecular weight is 228 g/mol. The Bertz CT molecular complexity index is 303. The molecule has 2 unspecified atom stereocenters. The molecule has 1 rings (SSSR count). The fraction of sp³-hybridized carbons (Fsp3) is 0.500. The first-order chi connectivity index (χ1) is 7.15. The topological polar surface area (TPSA) is 32.3 Å². The number of hydrogen-bond acceptors (Lipinski definition) is 2. The number of nitrogens with one attached hydrogen (secondary N) is 1. The van der Waals surface area contributed by atoms with Crippen LogP contribution in [-0.4, -0.2) is 18.3 Å². The molecule has 1 aromatic rings. The number of hydrogen-bond donors (Lipinski definition) is 2. The van der Waals surface area contributed by atoms with Gasteiger partial charge in [-0.05, 0) is 24.5 Å². The van der Waals surface area contributed by atoms with E-state index in [4.69, 9.17) is 16.7 Å². The van der Waals surface area contributed by atoms with Crippen molar-refractivity contribution in [1.82, 2.24) is 5.32 Å². The van der Waals surface area contributed by atoms with E-state index >= 15 is 0 Å². The van der Waals surface area contributed by atoms with Gasteiger partial charge >= 0.3 is 0 Å². The lowest BCUT2D eigenvalue weighted by Crippen LogP contribution is -2.26. The second kappa shape index (κ2) is 6.11. The Morgan fingerprint density at radius 3 is 2.60 bits per heavy atom. The predicted octanol–water partition coefficient (Wildman–Crippen LogP) is 2.62. The van der Waals surface area contributed by atoms with Crippen molar-refractivity contribution in [3.63, 3.8) is 0 Å². The second-order valence-corrected chi connectivity index (χ2v) is 4.35. The normalized spacial score (nSPS) is 14.9. The third kappa shape index (κ3) is 3.82. The summed E-state index contributed by atoms with van der Waals surface area (Å²) in [6.45, 7) is 5.09. The zero-order chi connectivity index (χ0) is 11.3. The summed E-state index contributed by atoms with van der Waals surface area (Å²) >= 11 is 6.08. The third-order valence-corrected chi connectivity index (χ3v) is 2.80. The molecule has 2 atom stereocenters. The van der Waals surface area contributed by atoms with Crippen molar-refractivity contribution in [3.05, 3.63) is 34.9 Å². The van der Waals surface area contributed by atoms with Crippen LogP contribution in [0.2, 0.25) is 5.02 Å². The Hall–Kier alpha value is -0.570. The van der Waals surface area contributed by atoms with Crippen LogP contribution in [0.5, 0.6) is 0 Å². The summed E-state index contributed by atoms with van der Waals surface area (Å²) in [5, 5.41) is 13.0. The third-order valence-electron chi connectivity index (χ3n) is 2.46. The molecule has 0 aliphatic heterocycles. The monoisotopic (exact) mass is 227 g/mol. The molecule has 84 valence electrons. The minimum absolute atomic E-state index is 0.211. The van der Waals surface area contributed by atoms with Gasteiger partial charge in [0.15, 0.2) is 0 Å². The first kappa shape index (κ1) is 12.5. The van der Waals surface area contributed by atoms with Crippen molar-refractivity contribution in [2.45, 2.75) is 19.9 Å². The van der Waals surface area contributed by atoms with Crippen molar-refractivity contribution in [1.29, 1.82) is 0 Å². The Morgan fingerprint density at radius 2 is 2.00 bits per heavy atom. The maximum Gasteiger partial charge on any atom is 0.0468 e. The maximum atomic E-state index is 8.91. The minimum atomic E-state index is 0.211. The van der Waals surface area contributed by atoms with Gasteiger partial charge in [0.05, 0.1) is 0 Å². The second-order valence-electron chi connectivity index (χ2n) is 3.94. The standard InChI is InChI=1S/C12H18ClNO/c1-9(8-15)7-14-10(2)11-5-3-4-6-12(11)13/h3-6,9-10,14-15H,7-8H2,1-2H3. The van der Waals surface area contributed by atoms with Gasteiger partial charge in [-0.1, -0.05) is 36.7 Å². The Balaban J connectivity index is 2.54. The summed E-state index contributed by atoms with van der Waals surface area (Å²) in [7, 11) is 0. The summed E-state index contributed by atoms with van der Waals surface area (Å²) in [6, 6.07) is 8.03. The molecule has 0 radical (unpaired) electrons. The molecule has 0 saturated heterocycles. The summed E-state index contributed by atoms with van der Waals surface area (Å²) in [4.78, 5) is 0. The van der Waals surface area contributed by atoms with Gasteiger partial charge in [-0.15, -0.1) is 0 Å². The number of halogens is 1. The zero-order valence-electron chi connectivity index (χ0n) is 9.20. The Labute approximate surface area is 96.3 Å². The van der Waals surface area contributed by atoms with Gasteiger partial charge in [0.2, 0.25) is 0 Å². The van der Waals surface area contributed by atoms with Crippen molar-refractivity contribution in [2.24, 2.45) is 5.92 Å². The van der Waals surface area contributed by atoms with Crippen LogP contribution in [0.3, 0.4) is 0 Å². The highest BCUT2D eigenvalue weighted by Crippen LogP contribution is 2.21. The van der Waals surface area contributed by atoms with Gasteiger partial charge in [0, 0.05) is 24.2 Å². The fourth-order valence-corrected chi connectivity index (χ4v) is 1.68. The molecule has 0 bridgehead atoms.